The van der Waals surface area contributed by atoms with Crippen LogP contribution in [0.15, 0.2) is 188 Å². The fraction of sp³-hybridized carbons (Fsp3) is 0. The third-order valence-electron chi connectivity index (χ3n) is 10.0. The van der Waals surface area contributed by atoms with E-state index in [2.05, 4.69) is 193 Å². The average molecular weight is 654 g/mol. The lowest BCUT2D eigenvalue weighted by atomic mass is 9.99. The van der Waals surface area contributed by atoms with E-state index in [0.717, 1.165) is 5.69 Å². The zero-order chi connectivity index (χ0) is 33.0. The summed E-state index contributed by atoms with van der Waals surface area (Å²) in [7, 11) is 0. The van der Waals surface area contributed by atoms with Gasteiger partial charge in [0, 0.05) is 36.6 Å². The summed E-state index contributed by atoms with van der Waals surface area (Å²) in [6, 6.07) is 68.7. The van der Waals surface area contributed by atoms with E-state index in [0.29, 0.717) is 0 Å². The molecule has 1 nitrogen and oxygen atoms in total. The van der Waals surface area contributed by atoms with Crippen molar-refractivity contribution in [1.29, 1.82) is 0 Å². The molecule has 0 saturated heterocycles. The summed E-state index contributed by atoms with van der Waals surface area (Å²) in [5.41, 5.74) is 13.3. The van der Waals surface area contributed by atoms with Gasteiger partial charge < -0.3 is 4.57 Å². The van der Waals surface area contributed by atoms with E-state index in [1.807, 2.05) is 11.3 Å². The summed E-state index contributed by atoms with van der Waals surface area (Å²) in [6.45, 7) is 0. The molecular weight excluding hydrogens is 623 g/mol. The maximum atomic E-state index is 2.42. The zero-order valence-corrected chi connectivity index (χ0v) is 28.1. The molecule has 10 rings (SSSR count). The minimum atomic E-state index is 1.15. The highest BCUT2D eigenvalue weighted by atomic mass is 32.1. The van der Waals surface area contributed by atoms with Gasteiger partial charge in [-0.3, -0.25) is 0 Å². The van der Waals surface area contributed by atoms with Gasteiger partial charge >= 0.3 is 0 Å². The molecule has 0 aliphatic heterocycles. The number of hydrogen-bond acceptors (Lipinski definition) is 1. The van der Waals surface area contributed by atoms with E-state index < -0.39 is 0 Å². The minimum absolute atomic E-state index is 1.15. The minimum Gasteiger partial charge on any atom is -0.309 e. The van der Waals surface area contributed by atoms with Gasteiger partial charge in [-0.2, -0.15) is 0 Å². The SMILES string of the molecule is c1ccc(-c2ccc3c(c2)c2cc(-c4ccccc4)ccc2n3-c2cccc(-c3ccc(-c4ccc5sc6ccccc6c5c4)cc3)c2)cc1. The lowest BCUT2D eigenvalue weighted by Crippen LogP contribution is -1.94. The number of rotatable bonds is 5. The van der Waals surface area contributed by atoms with Crippen LogP contribution in [0.25, 0.3) is 92.2 Å². The van der Waals surface area contributed by atoms with E-state index in [-0.39, 0.29) is 0 Å². The predicted octanol–water partition coefficient (Wildman–Crippen LogP) is 13.8. The van der Waals surface area contributed by atoms with Gasteiger partial charge in [0.1, 0.15) is 0 Å². The first-order valence-electron chi connectivity index (χ1n) is 17.1. The molecule has 2 aromatic heterocycles. The van der Waals surface area contributed by atoms with E-state index in [9.17, 15) is 0 Å². The summed E-state index contributed by atoms with van der Waals surface area (Å²) in [4.78, 5) is 0. The number of aromatic nitrogens is 1. The second-order valence-electron chi connectivity index (χ2n) is 13.0. The fourth-order valence-electron chi connectivity index (χ4n) is 7.51. The van der Waals surface area contributed by atoms with Crippen LogP contribution in [0.2, 0.25) is 0 Å². The summed E-state index contributed by atoms with van der Waals surface area (Å²) in [6.07, 6.45) is 0. The predicted molar refractivity (Wildman–Crippen MR) is 215 cm³/mol. The molecule has 0 N–H and O–H groups in total. The maximum Gasteiger partial charge on any atom is 0.0541 e. The molecule has 0 bridgehead atoms. The molecule has 0 spiro atoms. The largest absolute Gasteiger partial charge is 0.309 e. The van der Waals surface area contributed by atoms with Crippen molar-refractivity contribution in [2.24, 2.45) is 0 Å². The molecule has 234 valence electrons. The molecule has 8 aromatic carbocycles. The maximum absolute atomic E-state index is 2.42. The highest BCUT2D eigenvalue weighted by molar-refractivity contribution is 7.25. The second kappa shape index (κ2) is 11.7. The van der Waals surface area contributed by atoms with Crippen molar-refractivity contribution in [3.05, 3.63) is 188 Å². The van der Waals surface area contributed by atoms with Crippen molar-refractivity contribution in [3.8, 4) is 50.2 Å². The Morgan fingerprint density at radius 2 is 0.720 bits per heavy atom. The zero-order valence-electron chi connectivity index (χ0n) is 27.3. The Morgan fingerprint density at radius 3 is 1.34 bits per heavy atom. The number of hydrogen-bond donors (Lipinski definition) is 0. The van der Waals surface area contributed by atoms with Crippen molar-refractivity contribution in [2.45, 2.75) is 0 Å². The van der Waals surface area contributed by atoms with Crippen LogP contribution >= 0.6 is 11.3 Å². The van der Waals surface area contributed by atoms with Crippen LogP contribution in [0.4, 0.5) is 0 Å². The molecule has 2 heteroatoms. The molecule has 0 atom stereocenters. The van der Waals surface area contributed by atoms with Gasteiger partial charge in [-0.15, -0.1) is 11.3 Å². The van der Waals surface area contributed by atoms with E-state index in [4.69, 9.17) is 0 Å². The summed E-state index contributed by atoms with van der Waals surface area (Å²) < 4.78 is 5.10. The lowest BCUT2D eigenvalue weighted by Gasteiger charge is -2.11. The van der Waals surface area contributed by atoms with Crippen LogP contribution in [0.3, 0.4) is 0 Å². The molecule has 0 fully saturated rings. The third kappa shape index (κ3) is 4.84. The Hall–Kier alpha value is -6.22. The van der Waals surface area contributed by atoms with Gasteiger partial charge in [-0.05, 0) is 99.1 Å². The molecule has 10 aromatic rings. The van der Waals surface area contributed by atoms with Gasteiger partial charge in [0.15, 0.2) is 0 Å². The Bertz CT molecular complexity index is 2740. The Kier molecular flexibility index (Phi) is 6.75. The molecule has 2 heterocycles. The smallest absolute Gasteiger partial charge is 0.0541 e. The first-order valence-corrected chi connectivity index (χ1v) is 17.9. The number of benzene rings is 8. The van der Waals surface area contributed by atoms with E-state index in [1.165, 1.54) is 86.5 Å². The Morgan fingerprint density at radius 1 is 0.280 bits per heavy atom. The number of nitrogens with zero attached hydrogens (tertiary/aromatic N) is 1. The highest BCUT2D eigenvalue weighted by Crippen LogP contribution is 2.39. The quantitative estimate of drug-likeness (QED) is 0.174. The molecular formula is C48H31NS. The van der Waals surface area contributed by atoms with Crippen LogP contribution in [0.5, 0.6) is 0 Å². The summed E-state index contributed by atoms with van der Waals surface area (Å²) in [5, 5.41) is 5.17. The Balaban J connectivity index is 1.07. The van der Waals surface area contributed by atoms with Crippen LogP contribution in [-0.4, -0.2) is 4.57 Å². The first kappa shape index (κ1) is 28.8. The molecule has 0 radical (unpaired) electrons. The number of thiophene rings is 1. The van der Waals surface area contributed by atoms with Crippen molar-refractivity contribution in [1.82, 2.24) is 4.57 Å². The molecule has 0 amide bonds. The average Bonchev–Trinajstić information content (AvgIpc) is 3.73. The van der Waals surface area contributed by atoms with Gasteiger partial charge in [0.2, 0.25) is 0 Å². The molecule has 0 aliphatic rings. The highest BCUT2D eigenvalue weighted by Gasteiger charge is 2.15. The Labute approximate surface area is 295 Å². The fourth-order valence-corrected chi connectivity index (χ4v) is 8.59. The second-order valence-corrected chi connectivity index (χ2v) is 14.1. The first-order chi connectivity index (χ1) is 24.8. The summed E-state index contributed by atoms with van der Waals surface area (Å²) >= 11 is 1.86. The van der Waals surface area contributed by atoms with Crippen molar-refractivity contribution in [2.75, 3.05) is 0 Å². The van der Waals surface area contributed by atoms with Crippen molar-refractivity contribution < 1.29 is 0 Å². The van der Waals surface area contributed by atoms with Crippen molar-refractivity contribution >= 4 is 53.3 Å². The summed E-state index contributed by atoms with van der Waals surface area (Å²) in [5.74, 6) is 0. The van der Waals surface area contributed by atoms with Gasteiger partial charge in [0.05, 0.1) is 11.0 Å². The van der Waals surface area contributed by atoms with E-state index >= 15 is 0 Å². The number of fused-ring (bicyclic) bond motifs is 6. The third-order valence-corrected chi connectivity index (χ3v) is 11.2. The standard InChI is InChI=1S/C48H31NS/c1-3-10-32(11-4-1)37-22-25-45-42(29-37)43-30-38(33-12-5-2-6-13-33)23-26-46(43)49(45)40-15-9-14-36(28-40)34-18-20-35(21-19-34)39-24-27-48-44(31-39)41-16-7-8-17-47(41)50-48/h1-31H. The molecule has 0 aliphatic carbocycles. The van der Waals surface area contributed by atoms with Crippen LogP contribution in [0.1, 0.15) is 0 Å². The van der Waals surface area contributed by atoms with Crippen LogP contribution in [-0.2, 0) is 0 Å². The van der Waals surface area contributed by atoms with Crippen LogP contribution in [0, 0.1) is 0 Å². The molecule has 50 heavy (non-hydrogen) atoms. The normalized spacial score (nSPS) is 11.6. The van der Waals surface area contributed by atoms with Gasteiger partial charge in [-0.25, -0.2) is 0 Å². The topological polar surface area (TPSA) is 4.93 Å². The molecule has 0 unspecified atom stereocenters. The van der Waals surface area contributed by atoms with Crippen molar-refractivity contribution in [3.63, 3.8) is 0 Å². The lowest BCUT2D eigenvalue weighted by molar-refractivity contribution is 1.18. The van der Waals surface area contributed by atoms with Gasteiger partial charge in [-0.1, -0.05) is 133 Å². The van der Waals surface area contributed by atoms with Gasteiger partial charge in [0.25, 0.3) is 0 Å². The monoisotopic (exact) mass is 653 g/mol. The van der Waals surface area contributed by atoms with Crippen LogP contribution < -0.4 is 0 Å². The van der Waals surface area contributed by atoms with E-state index in [1.54, 1.807) is 0 Å². The molecule has 0 saturated carbocycles.